The Morgan fingerprint density at radius 2 is 1.54 bits per heavy atom. The van der Waals surface area contributed by atoms with Gasteiger partial charge in [0, 0.05) is 0 Å². The van der Waals surface area contributed by atoms with Crippen LogP contribution in [0.4, 0.5) is 4.79 Å². The summed E-state index contributed by atoms with van der Waals surface area (Å²) in [5.41, 5.74) is 0.833. The molecule has 0 saturated heterocycles. The van der Waals surface area contributed by atoms with Gasteiger partial charge in [-0.3, -0.25) is 0 Å². The Labute approximate surface area is 142 Å². The average Bonchev–Trinajstić information content (AvgIpc) is 2.59. The number of carbonyl (C=O) groups excluding carboxylic acids is 1. The Balaban J connectivity index is 2.07. The Hall–Kier alpha value is -2.34. The third kappa shape index (κ3) is 4.58. The van der Waals surface area contributed by atoms with Crippen molar-refractivity contribution in [3.05, 3.63) is 66.2 Å². The van der Waals surface area contributed by atoms with Crippen molar-refractivity contribution >= 4 is 15.9 Å². The van der Waals surface area contributed by atoms with E-state index in [2.05, 4.69) is 5.32 Å². The molecule has 24 heavy (non-hydrogen) atoms. The first-order valence-electron chi connectivity index (χ1n) is 7.67. The molecule has 6 heteroatoms. The summed E-state index contributed by atoms with van der Waals surface area (Å²) < 4.78 is 30.6. The summed E-state index contributed by atoms with van der Waals surface area (Å²) in [6.07, 6.45) is -0.753. The SMILES string of the molecule is CC(C)[C@H](NC(=O)OCc1ccccc1)S(=O)(=O)c1ccccc1. The Morgan fingerprint density at radius 1 is 1.00 bits per heavy atom. The largest absolute Gasteiger partial charge is 0.445 e. The molecule has 0 unspecified atom stereocenters. The number of hydrogen-bond acceptors (Lipinski definition) is 4. The molecule has 0 fully saturated rings. The molecule has 128 valence electrons. The van der Waals surface area contributed by atoms with Gasteiger partial charge >= 0.3 is 6.09 Å². The highest BCUT2D eigenvalue weighted by atomic mass is 32.2. The van der Waals surface area contributed by atoms with E-state index in [0.29, 0.717) is 0 Å². The summed E-state index contributed by atoms with van der Waals surface area (Å²) in [5, 5.41) is 1.42. The quantitative estimate of drug-likeness (QED) is 0.869. The number of ether oxygens (including phenoxy) is 1. The number of carbonyl (C=O) groups is 1. The lowest BCUT2D eigenvalue weighted by molar-refractivity contribution is 0.136. The van der Waals surface area contributed by atoms with Gasteiger partial charge in [0.1, 0.15) is 12.0 Å². The van der Waals surface area contributed by atoms with Crippen LogP contribution in [0.3, 0.4) is 0 Å². The van der Waals surface area contributed by atoms with Crippen molar-refractivity contribution in [2.75, 3.05) is 0 Å². The van der Waals surface area contributed by atoms with Crippen LogP contribution in [0.2, 0.25) is 0 Å². The van der Waals surface area contributed by atoms with Crippen LogP contribution in [-0.4, -0.2) is 19.9 Å². The Kier molecular flexibility index (Phi) is 5.98. The summed E-state index contributed by atoms with van der Waals surface area (Å²) in [5.74, 6) is -0.306. The maximum absolute atomic E-state index is 12.7. The van der Waals surface area contributed by atoms with E-state index in [-0.39, 0.29) is 17.4 Å². The van der Waals surface area contributed by atoms with Gasteiger partial charge in [-0.25, -0.2) is 13.2 Å². The van der Waals surface area contributed by atoms with Crippen LogP contribution < -0.4 is 5.32 Å². The van der Waals surface area contributed by atoms with Gasteiger partial charge in [0.25, 0.3) is 0 Å². The number of sulfone groups is 1. The van der Waals surface area contributed by atoms with Crippen LogP contribution in [0.1, 0.15) is 19.4 Å². The van der Waals surface area contributed by atoms with E-state index in [1.807, 2.05) is 30.3 Å². The minimum atomic E-state index is -3.69. The zero-order chi connectivity index (χ0) is 17.6. The van der Waals surface area contributed by atoms with Crippen molar-refractivity contribution in [2.45, 2.75) is 30.7 Å². The molecule has 0 spiro atoms. The lowest BCUT2D eigenvalue weighted by Crippen LogP contribution is -2.44. The molecule has 0 radical (unpaired) electrons. The van der Waals surface area contributed by atoms with Crippen LogP contribution in [0.15, 0.2) is 65.6 Å². The van der Waals surface area contributed by atoms with Crippen LogP contribution in [0, 0.1) is 5.92 Å². The predicted molar refractivity (Wildman–Crippen MR) is 92.0 cm³/mol. The third-order valence-corrected chi connectivity index (χ3v) is 5.74. The summed E-state index contributed by atoms with van der Waals surface area (Å²) >= 11 is 0. The number of hydrogen-bond donors (Lipinski definition) is 1. The van der Waals surface area contributed by atoms with Gasteiger partial charge < -0.3 is 10.1 Å². The molecule has 1 amide bonds. The van der Waals surface area contributed by atoms with Crippen molar-refractivity contribution in [3.63, 3.8) is 0 Å². The number of amides is 1. The fourth-order valence-corrected chi connectivity index (χ4v) is 4.04. The maximum Gasteiger partial charge on any atom is 0.408 e. The summed E-state index contributed by atoms with van der Waals surface area (Å²) in [6, 6.07) is 17.3. The molecule has 0 heterocycles. The fraction of sp³-hybridized carbons (Fsp3) is 0.278. The van der Waals surface area contributed by atoms with Crippen molar-refractivity contribution in [1.82, 2.24) is 5.32 Å². The number of alkyl carbamates (subject to hydrolysis) is 1. The minimum Gasteiger partial charge on any atom is -0.445 e. The summed E-state index contributed by atoms with van der Waals surface area (Å²) in [6.45, 7) is 3.56. The van der Waals surface area contributed by atoms with Gasteiger partial charge in [-0.05, 0) is 23.6 Å². The summed E-state index contributed by atoms with van der Waals surface area (Å²) in [7, 11) is -3.69. The first-order valence-corrected chi connectivity index (χ1v) is 9.22. The van der Waals surface area contributed by atoms with E-state index in [4.69, 9.17) is 4.74 Å². The molecule has 1 atom stereocenters. The molecule has 2 aromatic carbocycles. The molecule has 0 saturated carbocycles. The number of benzene rings is 2. The van der Waals surface area contributed by atoms with Gasteiger partial charge in [0.2, 0.25) is 0 Å². The predicted octanol–water partition coefficient (Wildman–Crippen LogP) is 3.37. The molecule has 2 aromatic rings. The average molecular weight is 347 g/mol. The van der Waals surface area contributed by atoms with E-state index in [0.717, 1.165) is 5.56 Å². The topological polar surface area (TPSA) is 72.5 Å². The Morgan fingerprint density at radius 3 is 2.08 bits per heavy atom. The highest BCUT2D eigenvalue weighted by Gasteiger charge is 2.32. The van der Waals surface area contributed by atoms with Crippen molar-refractivity contribution in [2.24, 2.45) is 5.92 Å². The van der Waals surface area contributed by atoms with Crippen LogP contribution >= 0.6 is 0 Å². The van der Waals surface area contributed by atoms with Gasteiger partial charge in [0.05, 0.1) is 4.90 Å². The molecule has 2 rings (SSSR count). The maximum atomic E-state index is 12.7. The lowest BCUT2D eigenvalue weighted by atomic mass is 10.2. The van der Waals surface area contributed by atoms with Crippen LogP contribution in [-0.2, 0) is 21.2 Å². The highest BCUT2D eigenvalue weighted by Crippen LogP contribution is 2.19. The first kappa shape index (κ1) is 18.0. The zero-order valence-corrected chi connectivity index (χ0v) is 14.5. The normalized spacial score (nSPS) is 12.6. The number of nitrogens with one attached hydrogen (secondary N) is 1. The van der Waals surface area contributed by atoms with Crippen molar-refractivity contribution in [3.8, 4) is 0 Å². The molecule has 0 aliphatic heterocycles. The molecule has 0 aliphatic carbocycles. The van der Waals surface area contributed by atoms with E-state index in [9.17, 15) is 13.2 Å². The third-order valence-electron chi connectivity index (χ3n) is 3.48. The lowest BCUT2D eigenvalue weighted by Gasteiger charge is -2.22. The van der Waals surface area contributed by atoms with E-state index in [1.165, 1.54) is 12.1 Å². The second kappa shape index (κ2) is 7.97. The van der Waals surface area contributed by atoms with Gasteiger partial charge in [-0.1, -0.05) is 62.4 Å². The highest BCUT2D eigenvalue weighted by molar-refractivity contribution is 7.92. The second-order valence-electron chi connectivity index (χ2n) is 5.73. The molecular weight excluding hydrogens is 326 g/mol. The smallest absolute Gasteiger partial charge is 0.408 e. The first-order chi connectivity index (χ1) is 11.4. The van der Waals surface area contributed by atoms with Crippen LogP contribution in [0.25, 0.3) is 0 Å². The fourth-order valence-electron chi connectivity index (χ4n) is 2.24. The monoisotopic (exact) mass is 347 g/mol. The van der Waals surface area contributed by atoms with Gasteiger partial charge in [-0.2, -0.15) is 0 Å². The van der Waals surface area contributed by atoms with E-state index < -0.39 is 21.3 Å². The van der Waals surface area contributed by atoms with Gasteiger partial charge in [-0.15, -0.1) is 0 Å². The Bertz CT molecular complexity index is 758. The standard InChI is InChI=1S/C18H21NO4S/c1-14(2)17(24(21,22)16-11-7-4-8-12-16)19-18(20)23-13-15-9-5-3-6-10-15/h3-12,14,17H,13H2,1-2H3,(H,19,20)/t17-/m1/s1. The summed E-state index contributed by atoms with van der Waals surface area (Å²) in [4.78, 5) is 12.2. The minimum absolute atomic E-state index is 0.0862. The zero-order valence-electron chi connectivity index (χ0n) is 13.7. The van der Waals surface area contributed by atoms with Crippen molar-refractivity contribution in [1.29, 1.82) is 0 Å². The molecule has 1 N–H and O–H groups in total. The molecule has 0 aromatic heterocycles. The molecule has 5 nitrogen and oxygen atoms in total. The second-order valence-corrected chi connectivity index (χ2v) is 7.80. The van der Waals surface area contributed by atoms with E-state index in [1.54, 1.807) is 32.0 Å². The van der Waals surface area contributed by atoms with E-state index >= 15 is 0 Å². The molecule has 0 bridgehead atoms. The van der Waals surface area contributed by atoms with Crippen LogP contribution in [0.5, 0.6) is 0 Å². The molecule has 0 aliphatic rings. The number of rotatable bonds is 6. The van der Waals surface area contributed by atoms with Crippen molar-refractivity contribution < 1.29 is 17.9 Å². The molecular formula is C18H21NO4S. The van der Waals surface area contributed by atoms with Gasteiger partial charge in [0.15, 0.2) is 9.84 Å².